The standard InChI is InChI=1S/C77H68N9O3.Ir/c1-4-19-59(20-5-1)64-44-67-75-70(47-64)87-82-38-12-18-58(50-82)16-10-15-54-27-29-56-33-39-85-73(42-56)83-52-80(68-45-65(48-71(88-85)76(68)83)60-21-6-2-7-22-60)36-11-17-55-31-32-62(63(41-55)26-14-35-79(67)51-78-75)25-13-37-81-53-84-74-43-57(30-28-54)34-40-86(74)89-72-49-66(46-69(81)77(72)84)61-23-8-3-9-24-61;/h1-9,18-24,31-34,38-41,44-54,78H,10-11,13-17,25-30,35-37H2;/q-3;. The van der Waals surface area contributed by atoms with Gasteiger partial charge in [-0.3, -0.25) is 9.68 Å². The third-order valence-corrected chi connectivity index (χ3v) is 18.9. The minimum Gasteiger partial charge on any atom is -0.511 e. The molecule has 8 aliphatic heterocycles. The number of aromatic nitrogens is 3. The van der Waals surface area contributed by atoms with Crippen molar-refractivity contribution in [1.29, 1.82) is 0 Å². The predicted octanol–water partition coefficient (Wildman–Crippen LogP) is 14.3. The van der Waals surface area contributed by atoms with Crippen LogP contribution in [0.5, 0.6) is 17.2 Å². The Morgan fingerprint density at radius 3 is 1.60 bits per heavy atom. The first-order valence-corrected chi connectivity index (χ1v) is 31.9. The Morgan fingerprint density at radius 2 is 1.00 bits per heavy atom. The first kappa shape index (κ1) is 56.1. The first-order valence-electron chi connectivity index (χ1n) is 31.9. The Morgan fingerprint density at radius 1 is 0.467 bits per heavy atom. The molecule has 0 saturated carbocycles. The van der Waals surface area contributed by atoms with Gasteiger partial charge >= 0.3 is 0 Å². The number of pyridine rings is 3. The second-order valence-corrected chi connectivity index (χ2v) is 24.7. The summed E-state index contributed by atoms with van der Waals surface area (Å²) in [6.45, 7) is 9.23. The molecular weight excluding hydrogens is 1290 g/mol. The number of nitrogens with one attached hydrogen (secondary N) is 1. The molecular formula is C77H68IrN9O3-3. The summed E-state index contributed by atoms with van der Waals surface area (Å²) in [4.78, 5) is 32.5. The van der Waals surface area contributed by atoms with E-state index >= 15 is 0 Å². The Hall–Kier alpha value is -9.16. The van der Waals surface area contributed by atoms with Gasteiger partial charge in [0, 0.05) is 25.8 Å². The number of anilines is 8. The van der Waals surface area contributed by atoms with Gasteiger partial charge in [0.25, 0.3) is 0 Å². The van der Waals surface area contributed by atoms with Crippen LogP contribution in [-0.2, 0) is 58.6 Å². The molecule has 0 spiro atoms. The normalized spacial score (nSPS) is 17.2. The molecule has 0 aliphatic carbocycles. The van der Waals surface area contributed by atoms with E-state index in [2.05, 4.69) is 250 Å². The smallest absolute Gasteiger partial charge is 0.227 e. The number of hydrogen-bond acceptors (Lipinski definition) is 9. The van der Waals surface area contributed by atoms with Crippen LogP contribution in [0.2, 0.25) is 0 Å². The van der Waals surface area contributed by atoms with Crippen LogP contribution in [0.4, 0.5) is 45.8 Å². The zero-order valence-corrected chi connectivity index (χ0v) is 52.6. The summed E-state index contributed by atoms with van der Waals surface area (Å²) in [5, 5.41) is 3.66. The van der Waals surface area contributed by atoms with E-state index in [1.807, 2.05) is 20.4 Å². The molecule has 1 atom stereocenters. The van der Waals surface area contributed by atoms with Crippen LogP contribution in [0.1, 0.15) is 78.3 Å². The van der Waals surface area contributed by atoms with Crippen LogP contribution in [0.25, 0.3) is 33.4 Å². The maximum absolute atomic E-state index is 6.88. The van der Waals surface area contributed by atoms with Crippen LogP contribution < -0.4 is 58.5 Å². The van der Waals surface area contributed by atoms with Crippen molar-refractivity contribution < 1.29 is 48.8 Å². The minimum absolute atomic E-state index is 0. The molecule has 11 heterocycles. The van der Waals surface area contributed by atoms with Crippen molar-refractivity contribution in [3.8, 4) is 50.6 Å². The molecule has 1 unspecified atom stereocenters. The fourth-order valence-corrected chi connectivity index (χ4v) is 14.3. The van der Waals surface area contributed by atoms with Gasteiger partial charge in [-0.2, -0.15) is 24.9 Å². The van der Waals surface area contributed by atoms with Gasteiger partial charge in [0.15, 0.2) is 11.4 Å². The molecule has 0 amide bonds. The quantitative estimate of drug-likeness (QED) is 0.138. The molecule has 13 heteroatoms. The summed E-state index contributed by atoms with van der Waals surface area (Å²) >= 11 is 0. The third kappa shape index (κ3) is 10.7. The molecule has 451 valence electrons. The van der Waals surface area contributed by atoms with Crippen molar-refractivity contribution in [3.05, 3.63) is 260 Å². The van der Waals surface area contributed by atoms with Crippen LogP contribution in [0.15, 0.2) is 189 Å². The molecule has 18 bridgehead atoms. The zero-order valence-electron chi connectivity index (χ0n) is 50.2. The van der Waals surface area contributed by atoms with E-state index in [0.29, 0.717) is 5.92 Å². The maximum atomic E-state index is 6.88. The summed E-state index contributed by atoms with van der Waals surface area (Å²) in [6.07, 6.45) is 20.7. The van der Waals surface area contributed by atoms with Crippen molar-refractivity contribution in [2.24, 2.45) is 5.92 Å². The van der Waals surface area contributed by atoms with Crippen molar-refractivity contribution in [3.63, 3.8) is 0 Å². The molecule has 1 radical (unpaired) electrons. The van der Waals surface area contributed by atoms with E-state index in [1.165, 1.54) is 33.4 Å². The molecule has 7 aromatic carbocycles. The average Bonchev–Trinajstić information content (AvgIpc) is 1.57. The Kier molecular flexibility index (Phi) is 15.0. The minimum atomic E-state index is 0. The molecule has 10 aromatic rings. The Labute approximate surface area is 541 Å². The van der Waals surface area contributed by atoms with E-state index in [1.54, 1.807) is 0 Å². The van der Waals surface area contributed by atoms with Crippen LogP contribution in [0, 0.1) is 44.1 Å². The number of nitrogens with zero attached hydrogens (tertiary/aromatic N) is 8. The summed E-state index contributed by atoms with van der Waals surface area (Å²) in [5.41, 5.74) is 21.1. The molecule has 12 nitrogen and oxygen atoms in total. The van der Waals surface area contributed by atoms with Gasteiger partial charge < -0.3 is 29.8 Å². The second kappa shape index (κ2) is 24.0. The van der Waals surface area contributed by atoms with Crippen LogP contribution >= 0.6 is 0 Å². The monoisotopic (exact) mass is 1360 g/mol. The van der Waals surface area contributed by atoms with Crippen LogP contribution in [-0.4, -0.2) is 19.6 Å². The largest absolute Gasteiger partial charge is 0.511 e. The number of rotatable bonds is 3. The van der Waals surface area contributed by atoms with Gasteiger partial charge in [0.1, 0.15) is 12.4 Å². The van der Waals surface area contributed by atoms with E-state index < -0.39 is 0 Å². The second-order valence-electron chi connectivity index (χ2n) is 24.7. The summed E-state index contributed by atoms with van der Waals surface area (Å²) < 4.78 is 5.65. The van der Waals surface area contributed by atoms with Gasteiger partial charge in [-0.05, 0) is 168 Å². The van der Waals surface area contributed by atoms with Gasteiger partial charge in [-0.25, -0.2) is 22.0 Å². The number of fused-ring (bicyclic) bond motifs is 6. The van der Waals surface area contributed by atoms with Crippen molar-refractivity contribution >= 4 is 45.8 Å². The fraction of sp³-hybridized carbons (Fsp3) is 0.221. The third-order valence-electron chi connectivity index (χ3n) is 18.9. The van der Waals surface area contributed by atoms with Crippen molar-refractivity contribution in [2.45, 2.75) is 83.5 Å². The molecule has 8 aliphatic rings. The average molecular weight is 1360 g/mol. The molecule has 3 aromatic heterocycles. The fourth-order valence-electron chi connectivity index (χ4n) is 14.3. The molecule has 0 fully saturated rings. The number of benzene rings is 7. The molecule has 1 N–H and O–H groups in total. The van der Waals surface area contributed by atoms with Crippen molar-refractivity contribution in [1.82, 2.24) is 0 Å². The van der Waals surface area contributed by atoms with Crippen molar-refractivity contribution in [2.75, 3.05) is 49.5 Å². The van der Waals surface area contributed by atoms with Gasteiger partial charge in [0.05, 0.1) is 29.5 Å². The topological polar surface area (TPSA) is 67.6 Å². The Bertz CT molecular complexity index is 4340. The Balaban J connectivity index is 0.00000649. The van der Waals surface area contributed by atoms with E-state index in [4.69, 9.17) is 14.5 Å². The van der Waals surface area contributed by atoms with Gasteiger partial charge in [0.2, 0.25) is 28.9 Å². The number of hydrogen-bond donors (Lipinski definition) is 1. The summed E-state index contributed by atoms with van der Waals surface area (Å²) in [7, 11) is 0. The maximum Gasteiger partial charge on any atom is 0.227 e. The van der Waals surface area contributed by atoms with E-state index in [-0.39, 0.29) is 20.1 Å². The molecule has 18 rings (SSSR count). The number of aryl methyl sites for hydroxylation is 6. The van der Waals surface area contributed by atoms with Gasteiger partial charge in [-0.1, -0.05) is 164 Å². The summed E-state index contributed by atoms with van der Waals surface area (Å²) in [6, 6.07) is 70.7. The van der Waals surface area contributed by atoms with E-state index in [9.17, 15) is 0 Å². The summed E-state index contributed by atoms with van der Waals surface area (Å²) in [5.74, 6) is 4.65. The molecule has 90 heavy (non-hydrogen) atoms. The van der Waals surface area contributed by atoms with Gasteiger partial charge in [-0.15, -0.1) is 17.7 Å². The van der Waals surface area contributed by atoms with E-state index in [0.717, 1.165) is 199 Å². The predicted molar refractivity (Wildman–Crippen MR) is 347 cm³/mol. The first-order chi connectivity index (χ1) is 44.0. The van der Waals surface area contributed by atoms with Crippen LogP contribution in [0.3, 0.4) is 0 Å². The zero-order chi connectivity index (χ0) is 58.8. The SMILES string of the molecule is [Ir].[c-]1cc2c[n+](c1)Oc1cc(-c3ccccc3)cc3c1N[CH-]N3CCCc1cc3ccc1CCCN1[CH-]N4c5c(cc(-c6ccccc6)cc51)O[n+]1ccc([c-]c14)CCC(CCC2)CCc1[c-]c2[n+](cc1)Oc1cc(-c4ccccc4)cc4c1N2[CH-]N4CCC3. The molecule has 0 saturated heterocycles.